The molecule has 1 aliphatic carbocycles. The van der Waals surface area contributed by atoms with Crippen LogP contribution >= 0.6 is 0 Å². The van der Waals surface area contributed by atoms with Gasteiger partial charge in [-0.1, -0.05) is 19.3 Å². The van der Waals surface area contributed by atoms with E-state index in [-0.39, 0.29) is 0 Å². The van der Waals surface area contributed by atoms with Crippen LogP contribution in [-0.4, -0.2) is 28.8 Å². The molecule has 0 bridgehead atoms. The quantitative estimate of drug-likeness (QED) is 0.789. The minimum atomic E-state index is 0.389. The van der Waals surface area contributed by atoms with E-state index in [1.165, 1.54) is 32.1 Å². The maximum absolute atomic E-state index is 5.49. The van der Waals surface area contributed by atoms with E-state index in [1.54, 1.807) is 0 Å². The molecule has 1 saturated carbocycles. The molecule has 84 valence electrons. The highest BCUT2D eigenvalue weighted by atomic mass is 15.4. The van der Waals surface area contributed by atoms with Gasteiger partial charge < -0.3 is 10.6 Å². The van der Waals surface area contributed by atoms with Gasteiger partial charge in [0.25, 0.3) is 0 Å². The van der Waals surface area contributed by atoms with Gasteiger partial charge in [-0.25, -0.2) is 5.10 Å². The number of rotatable bonds is 3. The van der Waals surface area contributed by atoms with Crippen LogP contribution in [-0.2, 0) is 0 Å². The summed E-state index contributed by atoms with van der Waals surface area (Å²) in [6.07, 6.45) is 6.81. The van der Waals surface area contributed by atoms with Crippen LogP contribution in [0.1, 0.15) is 32.1 Å². The van der Waals surface area contributed by atoms with Crippen molar-refractivity contribution < 1.29 is 0 Å². The highest BCUT2D eigenvalue weighted by Crippen LogP contribution is 2.24. The molecule has 1 aromatic rings. The van der Waals surface area contributed by atoms with Crippen LogP contribution in [0.5, 0.6) is 0 Å². The van der Waals surface area contributed by atoms with E-state index in [4.69, 9.17) is 5.73 Å². The summed E-state index contributed by atoms with van der Waals surface area (Å²) >= 11 is 0. The molecule has 1 aromatic heterocycles. The molecule has 1 aliphatic rings. The first-order valence-corrected chi connectivity index (χ1v) is 5.64. The van der Waals surface area contributed by atoms with Crippen molar-refractivity contribution in [2.75, 3.05) is 24.2 Å². The van der Waals surface area contributed by atoms with Gasteiger partial charge in [0.15, 0.2) is 0 Å². The molecule has 2 rings (SSSR count). The van der Waals surface area contributed by atoms with Gasteiger partial charge in [0.2, 0.25) is 11.9 Å². The number of nitrogens with one attached hydrogen (secondary N) is 1. The van der Waals surface area contributed by atoms with E-state index >= 15 is 0 Å². The molecule has 0 radical (unpaired) electrons. The first kappa shape index (κ1) is 10.3. The third-order valence-corrected chi connectivity index (χ3v) is 3.09. The Morgan fingerprint density at radius 2 is 2.13 bits per heavy atom. The van der Waals surface area contributed by atoms with Gasteiger partial charge >= 0.3 is 0 Å². The van der Waals surface area contributed by atoms with E-state index in [1.807, 2.05) is 7.05 Å². The van der Waals surface area contributed by atoms with E-state index in [9.17, 15) is 0 Å². The molecule has 0 aromatic carbocycles. The lowest BCUT2D eigenvalue weighted by Crippen LogP contribution is -2.27. The Morgan fingerprint density at radius 3 is 2.73 bits per heavy atom. The van der Waals surface area contributed by atoms with Gasteiger partial charge in [-0.15, -0.1) is 5.10 Å². The summed E-state index contributed by atoms with van der Waals surface area (Å²) in [6.45, 7) is 1.04. The van der Waals surface area contributed by atoms with Crippen LogP contribution in [0.25, 0.3) is 0 Å². The number of aromatic amines is 1. The van der Waals surface area contributed by atoms with Gasteiger partial charge in [-0.2, -0.15) is 4.98 Å². The molecule has 1 fully saturated rings. The monoisotopic (exact) mass is 209 g/mol. The second-order valence-corrected chi connectivity index (χ2v) is 4.41. The largest absolute Gasteiger partial charge is 0.368 e. The second-order valence-electron chi connectivity index (χ2n) is 4.41. The number of nitrogens with zero attached hydrogens (tertiary/aromatic N) is 3. The predicted molar refractivity (Wildman–Crippen MR) is 60.6 cm³/mol. The van der Waals surface area contributed by atoms with E-state index < -0.39 is 0 Å². The Balaban J connectivity index is 1.88. The molecule has 15 heavy (non-hydrogen) atoms. The SMILES string of the molecule is CN(CC1CCCCC1)c1n[nH]c(N)n1. The van der Waals surface area contributed by atoms with Crippen LogP contribution in [0.4, 0.5) is 11.9 Å². The molecule has 1 heterocycles. The Hall–Kier alpha value is -1.26. The first-order chi connectivity index (χ1) is 7.25. The summed E-state index contributed by atoms with van der Waals surface area (Å²) in [4.78, 5) is 6.20. The zero-order valence-electron chi connectivity index (χ0n) is 9.24. The third kappa shape index (κ3) is 2.61. The number of nitrogen functional groups attached to an aromatic ring is 1. The fourth-order valence-electron chi connectivity index (χ4n) is 2.27. The van der Waals surface area contributed by atoms with E-state index in [0.717, 1.165) is 12.5 Å². The smallest absolute Gasteiger partial charge is 0.246 e. The molecular weight excluding hydrogens is 190 g/mol. The number of nitrogens with two attached hydrogens (primary N) is 1. The van der Waals surface area contributed by atoms with Crippen LogP contribution in [0.2, 0.25) is 0 Å². The van der Waals surface area contributed by atoms with Crippen molar-refractivity contribution in [2.45, 2.75) is 32.1 Å². The van der Waals surface area contributed by atoms with Crippen molar-refractivity contribution in [3.8, 4) is 0 Å². The van der Waals surface area contributed by atoms with Gasteiger partial charge in [-0.3, -0.25) is 0 Å². The average Bonchev–Trinajstić information content (AvgIpc) is 2.66. The summed E-state index contributed by atoms with van der Waals surface area (Å²) < 4.78 is 0. The number of aromatic nitrogens is 3. The number of H-pyrrole nitrogens is 1. The van der Waals surface area contributed by atoms with Gasteiger partial charge in [-0.05, 0) is 18.8 Å². The van der Waals surface area contributed by atoms with Crippen molar-refractivity contribution in [3.05, 3.63) is 0 Å². The molecule has 0 spiro atoms. The normalized spacial score (nSPS) is 17.9. The standard InChI is InChI=1S/C10H19N5/c1-15(10-12-9(11)13-14-10)7-8-5-3-2-4-6-8/h8H,2-7H2,1H3,(H3,11,12,13,14). The van der Waals surface area contributed by atoms with Gasteiger partial charge in [0, 0.05) is 13.6 Å². The maximum atomic E-state index is 5.49. The highest BCUT2D eigenvalue weighted by Gasteiger charge is 2.17. The van der Waals surface area contributed by atoms with Crippen LogP contribution in [0.15, 0.2) is 0 Å². The molecular formula is C10H19N5. The summed E-state index contributed by atoms with van der Waals surface area (Å²) in [6, 6.07) is 0. The third-order valence-electron chi connectivity index (χ3n) is 3.09. The summed E-state index contributed by atoms with van der Waals surface area (Å²) in [5.74, 6) is 1.89. The van der Waals surface area contributed by atoms with E-state index in [0.29, 0.717) is 11.9 Å². The Bertz CT molecular complexity index is 303. The lowest BCUT2D eigenvalue weighted by Gasteiger charge is -2.26. The second kappa shape index (κ2) is 4.51. The van der Waals surface area contributed by atoms with Crippen molar-refractivity contribution in [3.63, 3.8) is 0 Å². The first-order valence-electron chi connectivity index (χ1n) is 5.64. The number of hydrogen-bond donors (Lipinski definition) is 2. The van der Waals surface area contributed by atoms with E-state index in [2.05, 4.69) is 20.1 Å². The number of anilines is 2. The van der Waals surface area contributed by atoms with Crippen LogP contribution < -0.4 is 10.6 Å². The Morgan fingerprint density at radius 1 is 1.40 bits per heavy atom. The van der Waals surface area contributed by atoms with Crippen LogP contribution in [0, 0.1) is 5.92 Å². The Kier molecular flexibility index (Phi) is 3.08. The van der Waals surface area contributed by atoms with Crippen molar-refractivity contribution in [1.82, 2.24) is 15.2 Å². The topological polar surface area (TPSA) is 70.8 Å². The van der Waals surface area contributed by atoms with Crippen molar-refractivity contribution in [2.24, 2.45) is 5.92 Å². The molecule has 0 unspecified atom stereocenters. The highest BCUT2D eigenvalue weighted by molar-refractivity contribution is 5.32. The molecule has 5 nitrogen and oxygen atoms in total. The minimum absolute atomic E-state index is 0.389. The van der Waals surface area contributed by atoms with Crippen LogP contribution in [0.3, 0.4) is 0 Å². The molecule has 0 saturated heterocycles. The van der Waals surface area contributed by atoms with Gasteiger partial charge in [0.05, 0.1) is 0 Å². The molecule has 0 atom stereocenters. The minimum Gasteiger partial charge on any atom is -0.368 e. The van der Waals surface area contributed by atoms with Gasteiger partial charge in [0.1, 0.15) is 0 Å². The van der Waals surface area contributed by atoms with Crippen molar-refractivity contribution >= 4 is 11.9 Å². The summed E-state index contributed by atoms with van der Waals surface area (Å²) in [5, 5.41) is 6.71. The molecule has 0 amide bonds. The zero-order chi connectivity index (χ0) is 10.7. The number of hydrogen-bond acceptors (Lipinski definition) is 4. The lowest BCUT2D eigenvalue weighted by atomic mass is 9.89. The lowest BCUT2D eigenvalue weighted by molar-refractivity contribution is 0.361. The summed E-state index contributed by atoms with van der Waals surface area (Å²) in [7, 11) is 2.03. The van der Waals surface area contributed by atoms with Crippen molar-refractivity contribution in [1.29, 1.82) is 0 Å². The summed E-state index contributed by atoms with van der Waals surface area (Å²) in [5.41, 5.74) is 5.49. The fraction of sp³-hybridized carbons (Fsp3) is 0.800. The average molecular weight is 209 g/mol. The zero-order valence-corrected chi connectivity index (χ0v) is 9.24. The maximum Gasteiger partial charge on any atom is 0.246 e. The predicted octanol–water partition coefficient (Wildman–Crippen LogP) is 1.40. The molecule has 0 aliphatic heterocycles. The fourth-order valence-corrected chi connectivity index (χ4v) is 2.27. The Labute approximate surface area is 90.1 Å². The molecule has 5 heteroatoms. The molecule has 3 N–H and O–H groups in total.